The largest absolute Gasteiger partial charge is 0.467 e. The summed E-state index contributed by atoms with van der Waals surface area (Å²) in [6, 6.07) is 20.7. The number of anilines is 3. The zero-order valence-corrected chi connectivity index (χ0v) is 15.2. The fourth-order valence-electron chi connectivity index (χ4n) is 2.26. The van der Waals surface area contributed by atoms with Crippen molar-refractivity contribution in [1.29, 1.82) is 0 Å². The van der Waals surface area contributed by atoms with Gasteiger partial charge < -0.3 is 26.8 Å². The maximum atomic E-state index is 5.88. The van der Waals surface area contributed by atoms with Crippen LogP contribution in [-0.4, -0.2) is 29.0 Å². The van der Waals surface area contributed by atoms with E-state index in [9.17, 15) is 0 Å². The molecular formula is C19H20N8O. The average Bonchev–Trinajstić information content (AvgIpc) is 2.69. The standard InChI is InChI=1S/C19H20N8O/c1-28-19-25-15(22-13-8-4-2-5-9-13)12-16(26-19)24-18(21)27-17(20)23-14-10-6-3-7-11-14/h2-12H,1H3,(H6,20,21,22,23,24,25,26,27). The Morgan fingerprint density at radius 2 is 1.57 bits per heavy atom. The van der Waals surface area contributed by atoms with Crippen molar-refractivity contribution in [3.8, 4) is 6.01 Å². The van der Waals surface area contributed by atoms with Crippen LogP contribution in [0.5, 0.6) is 6.01 Å². The van der Waals surface area contributed by atoms with Gasteiger partial charge in [-0.2, -0.15) is 20.0 Å². The lowest BCUT2D eigenvalue weighted by Gasteiger charge is -2.08. The molecule has 2 aromatic carbocycles. The summed E-state index contributed by atoms with van der Waals surface area (Å²) in [5.41, 5.74) is 13.4. The summed E-state index contributed by atoms with van der Waals surface area (Å²) in [7, 11) is 1.47. The van der Waals surface area contributed by atoms with E-state index in [4.69, 9.17) is 16.2 Å². The third-order valence-electron chi connectivity index (χ3n) is 3.43. The van der Waals surface area contributed by atoms with Crippen molar-refractivity contribution in [1.82, 2.24) is 9.97 Å². The van der Waals surface area contributed by atoms with Crippen LogP contribution >= 0.6 is 0 Å². The van der Waals surface area contributed by atoms with Crippen molar-refractivity contribution < 1.29 is 4.74 Å². The lowest BCUT2D eigenvalue weighted by Crippen LogP contribution is -2.26. The van der Waals surface area contributed by atoms with Gasteiger partial charge in [-0.25, -0.2) is 0 Å². The van der Waals surface area contributed by atoms with Crippen LogP contribution in [0.15, 0.2) is 76.7 Å². The molecule has 6 N–H and O–H groups in total. The summed E-state index contributed by atoms with van der Waals surface area (Å²) in [6.45, 7) is 0. The summed E-state index contributed by atoms with van der Waals surface area (Å²) in [5, 5.41) is 6.07. The van der Waals surface area contributed by atoms with Gasteiger partial charge in [0.15, 0.2) is 5.82 Å². The highest BCUT2D eigenvalue weighted by Crippen LogP contribution is 2.21. The van der Waals surface area contributed by atoms with Gasteiger partial charge in [0.2, 0.25) is 11.9 Å². The number of hydrogen-bond donors (Lipinski definition) is 4. The van der Waals surface area contributed by atoms with E-state index in [2.05, 4.69) is 30.6 Å². The molecule has 142 valence electrons. The molecule has 0 saturated carbocycles. The SMILES string of the molecule is COc1nc(N=C(N)/N=C(\N)Nc2ccccc2)cc(Nc2ccccc2)n1. The molecule has 0 unspecified atom stereocenters. The Morgan fingerprint density at radius 3 is 2.21 bits per heavy atom. The monoisotopic (exact) mass is 376 g/mol. The maximum absolute atomic E-state index is 5.88. The summed E-state index contributed by atoms with van der Waals surface area (Å²) in [5.74, 6) is 0.825. The van der Waals surface area contributed by atoms with E-state index in [1.165, 1.54) is 7.11 Å². The second-order valence-corrected chi connectivity index (χ2v) is 5.55. The van der Waals surface area contributed by atoms with Crippen LogP contribution in [0.2, 0.25) is 0 Å². The Labute approximate surface area is 162 Å². The van der Waals surface area contributed by atoms with E-state index >= 15 is 0 Å². The molecule has 0 atom stereocenters. The van der Waals surface area contributed by atoms with Crippen LogP contribution in [0.3, 0.4) is 0 Å². The van der Waals surface area contributed by atoms with E-state index in [1.807, 2.05) is 60.7 Å². The minimum atomic E-state index is -0.0626. The first-order chi connectivity index (χ1) is 13.6. The number of nitrogens with one attached hydrogen (secondary N) is 2. The van der Waals surface area contributed by atoms with E-state index in [1.54, 1.807) is 6.07 Å². The van der Waals surface area contributed by atoms with Crippen molar-refractivity contribution in [2.75, 3.05) is 17.7 Å². The van der Waals surface area contributed by atoms with Gasteiger partial charge in [0.1, 0.15) is 5.82 Å². The van der Waals surface area contributed by atoms with Crippen LogP contribution in [0.25, 0.3) is 0 Å². The molecule has 0 aliphatic heterocycles. The molecule has 0 saturated heterocycles. The molecule has 0 amide bonds. The van der Waals surface area contributed by atoms with Crippen LogP contribution in [0, 0.1) is 0 Å². The lowest BCUT2D eigenvalue weighted by atomic mass is 10.3. The molecule has 0 spiro atoms. The first kappa shape index (κ1) is 18.6. The fourth-order valence-corrected chi connectivity index (χ4v) is 2.26. The molecule has 1 aromatic heterocycles. The first-order valence-corrected chi connectivity index (χ1v) is 8.38. The molecule has 28 heavy (non-hydrogen) atoms. The Hall–Kier alpha value is -4.14. The summed E-state index contributed by atoms with van der Waals surface area (Å²) in [6.07, 6.45) is 0. The number of nitrogens with zero attached hydrogens (tertiary/aromatic N) is 4. The van der Waals surface area contributed by atoms with Gasteiger partial charge >= 0.3 is 6.01 Å². The molecular weight excluding hydrogens is 356 g/mol. The predicted molar refractivity (Wildman–Crippen MR) is 111 cm³/mol. The Balaban J connectivity index is 1.79. The van der Waals surface area contributed by atoms with Crippen LogP contribution in [0.4, 0.5) is 23.0 Å². The number of para-hydroxylation sites is 2. The Bertz CT molecular complexity index is 974. The molecule has 0 aliphatic carbocycles. The minimum Gasteiger partial charge on any atom is -0.467 e. The molecule has 9 nitrogen and oxygen atoms in total. The van der Waals surface area contributed by atoms with E-state index in [-0.39, 0.29) is 23.7 Å². The van der Waals surface area contributed by atoms with Crippen LogP contribution in [-0.2, 0) is 0 Å². The highest BCUT2D eigenvalue weighted by molar-refractivity contribution is 6.01. The third-order valence-corrected chi connectivity index (χ3v) is 3.43. The van der Waals surface area contributed by atoms with Gasteiger partial charge in [-0.15, -0.1) is 0 Å². The molecule has 1 heterocycles. The second-order valence-electron chi connectivity index (χ2n) is 5.55. The summed E-state index contributed by atoms with van der Waals surface area (Å²) < 4.78 is 5.13. The molecule has 3 rings (SSSR count). The quantitative estimate of drug-likeness (QED) is 0.397. The highest BCUT2D eigenvalue weighted by atomic mass is 16.5. The van der Waals surface area contributed by atoms with Gasteiger partial charge in [-0.05, 0) is 24.3 Å². The van der Waals surface area contributed by atoms with Crippen molar-refractivity contribution >= 4 is 34.9 Å². The van der Waals surface area contributed by atoms with Crippen molar-refractivity contribution in [3.05, 3.63) is 66.7 Å². The van der Waals surface area contributed by atoms with Gasteiger partial charge in [0, 0.05) is 17.4 Å². The number of guanidine groups is 2. The number of rotatable bonds is 5. The number of aliphatic imine (C=N–C) groups is 2. The first-order valence-electron chi connectivity index (χ1n) is 8.38. The number of nitrogens with two attached hydrogens (primary N) is 2. The average molecular weight is 376 g/mol. The minimum absolute atomic E-state index is 0.0626. The normalized spacial score (nSPS) is 11.8. The zero-order chi connectivity index (χ0) is 19.8. The van der Waals surface area contributed by atoms with Gasteiger partial charge in [0.25, 0.3) is 0 Å². The van der Waals surface area contributed by atoms with Crippen molar-refractivity contribution in [2.45, 2.75) is 0 Å². The van der Waals surface area contributed by atoms with E-state index < -0.39 is 0 Å². The second kappa shape index (κ2) is 8.99. The van der Waals surface area contributed by atoms with E-state index in [0.29, 0.717) is 5.82 Å². The number of methoxy groups -OCH3 is 1. The summed E-state index contributed by atoms with van der Waals surface area (Å²) in [4.78, 5) is 16.6. The number of hydrogen-bond acceptors (Lipinski definition) is 5. The highest BCUT2D eigenvalue weighted by Gasteiger charge is 2.06. The topological polar surface area (TPSA) is 136 Å². The van der Waals surface area contributed by atoms with Crippen molar-refractivity contribution in [2.24, 2.45) is 21.5 Å². The zero-order valence-electron chi connectivity index (χ0n) is 15.2. The van der Waals surface area contributed by atoms with Crippen molar-refractivity contribution in [3.63, 3.8) is 0 Å². The smallest absolute Gasteiger partial charge is 0.320 e. The fraction of sp³-hybridized carbons (Fsp3) is 0.0526. The van der Waals surface area contributed by atoms with E-state index in [0.717, 1.165) is 11.4 Å². The number of aromatic nitrogens is 2. The molecule has 0 fully saturated rings. The molecule has 9 heteroatoms. The molecule has 0 aliphatic rings. The third kappa shape index (κ3) is 5.43. The Kier molecular flexibility index (Phi) is 5.99. The number of ether oxygens (including phenoxy) is 1. The molecule has 3 aromatic rings. The number of benzene rings is 2. The Morgan fingerprint density at radius 1 is 0.929 bits per heavy atom. The lowest BCUT2D eigenvalue weighted by molar-refractivity contribution is 0.381. The molecule has 0 radical (unpaired) electrons. The maximum Gasteiger partial charge on any atom is 0.320 e. The summed E-state index contributed by atoms with van der Waals surface area (Å²) >= 11 is 0. The van der Waals surface area contributed by atoms with Gasteiger partial charge in [0.05, 0.1) is 7.11 Å². The van der Waals surface area contributed by atoms with Crippen LogP contribution < -0.4 is 26.8 Å². The van der Waals surface area contributed by atoms with Crippen LogP contribution in [0.1, 0.15) is 0 Å². The van der Waals surface area contributed by atoms with Gasteiger partial charge in [-0.1, -0.05) is 36.4 Å². The predicted octanol–water partition coefficient (Wildman–Crippen LogP) is 2.60. The van der Waals surface area contributed by atoms with Gasteiger partial charge in [-0.3, -0.25) is 0 Å². The molecule has 0 bridgehead atoms.